The first-order valence-electron chi connectivity index (χ1n) is 12.9. The van der Waals surface area contributed by atoms with Crippen LogP contribution in [-0.2, 0) is 9.84 Å². The molecule has 1 aliphatic heterocycles. The normalized spacial score (nSPS) is 13.0. The van der Waals surface area contributed by atoms with Gasteiger partial charge in [-0.1, -0.05) is 133 Å². The van der Waals surface area contributed by atoms with E-state index in [1.807, 2.05) is 72.8 Å². The van der Waals surface area contributed by atoms with Gasteiger partial charge in [-0.3, -0.25) is 0 Å². The van der Waals surface area contributed by atoms with Crippen LogP contribution in [0.25, 0.3) is 55.6 Å². The lowest BCUT2D eigenvalue weighted by atomic mass is 9.96. The lowest BCUT2D eigenvalue weighted by molar-refractivity contribution is 0.599. The predicted octanol–water partition coefficient (Wildman–Crippen LogP) is 9.17. The maximum absolute atomic E-state index is 13.7. The van der Waals surface area contributed by atoms with Crippen LogP contribution in [0.15, 0.2) is 155 Å². The highest BCUT2D eigenvalue weighted by atomic mass is 32.2. The second-order valence-electron chi connectivity index (χ2n) is 9.81. The zero-order valence-electron chi connectivity index (χ0n) is 21.1. The molecule has 186 valence electrons. The van der Waals surface area contributed by atoms with E-state index in [4.69, 9.17) is 0 Å². The van der Waals surface area contributed by atoms with Crippen LogP contribution in [0, 0.1) is 0 Å². The standard InChI is InChI=1S/C36H24O2S/c37-39(38)35-23-31(29-15-11-27(12-16-29)25-7-3-1-4-8-25)19-21-33(35)34-22-20-32(24-36(34)39)30-17-13-28(14-18-30)26-9-5-2-6-10-26/h1-24H. The number of fused-ring (bicyclic) bond motifs is 3. The van der Waals surface area contributed by atoms with Gasteiger partial charge in [0, 0.05) is 11.1 Å². The summed E-state index contributed by atoms with van der Waals surface area (Å²) in [6.45, 7) is 0. The van der Waals surface area contributed by atoms with Crippen LogP contribution < -0.4 is 0 Å². The summed E-state index contributed by atoms with van der Waals surface area (Å²) in [5.74, 6) is 0. The van der Waals surface area contributed by atoms with Crippen molar-refractivity contribution in [2.24, 2.45) is 0 Å². The van der Waals surface area contributed by atoms with Crippen molar-refractivity contribution in [1.29, 1.82) is 0 Å². The van der Waals surface area contributed by atoms with Crippen LogP contribution >= 0.6 is 0 Å². The van der Waals surface area contributed by atoms with Crippen molar-refractivity contribution < 1.29 is 8.42 Å². The van der Waals surface area contributed by atoms with E-state index in [9.17, 15) is 8.42 Å². The van der Waals surface area contributed by atoms with Crippen molar-refractivity contribution in [1.82, 2.24) is 0 Å². The topological polar surface area (TPSA) is 34.1 Å². The summed E-state index contributed by atoms with van der Waals surface area (Å²) < 4.78 is 27.4. The SMILES string of the molecule is O=S1(=O)c2cc(-c3ccc(-c4ccccc4)cc3)ccc2-c2ccc(-c3ccc(-c4ccccc4)cc3)cc21. The number of sulfone groups is 1. The van der Waals surface area contributed by atoms with Gasteiger partial charge < -0.3 is 0 Å². The van der Waals surface area contributed by atoms with Crippen molar-refractivity contribution in [3.63, 3.8) is 0 Å². The van der Waals surface area contributed by atoms with Crippen LogP contribution in [-0.4, -0.2) is 8.42 Å². The molecular weight excluding hydrogens is 496 g/mol. The van der Waals surface area contributed by atoms with E-state index in [0.717, 1.165) is 55.6 Å². The Bertz CT molecular complexity index is 1780. The molecule has 7 rings (SSSR count). The van der Waals surface area contributed by atoms with Crippen LogP contribution in [0.2, 0.25) is 0 Å². The molecule has 2 nitrogen and oxygen atoms in total. The Morgan fingerprint density at radius 3 is 0.949 bits per heavy atom. The molecule has 0 spiro atoms. The van der Waals surface area contributed by atoms with E-state index in [1.165, 1.54) is 0 Å². The number of benzene rings is 6. The summed E-state index contributed by atoms with van der Waals surface area (Å²) in [6.07, 6.45) is 0. The first kappa shape index (κ1) is 23.4. The summed E-state index contributed by atoms with van der Waals surface area (Å²) >= 11 is 0. The molecule has 1 aliphatic rings. The largest absolute Gasteiger partial charge is 0.218 e. The monoisotopic (exact) mass is 520 g/mol. The van der Waals surface area contributed by atoms with Crippen molar-refractivity contribution in [3.05, 3.63) is 146 Å². The van der Waals surface area contributed by atoms with E-state index in [2.05, 4.69) is 72.8 Å². The van der Waals surface area contributed by atoms with Crippen LogP contribution in [0.4, 0.5) is 0 Å². The molecule has 0 radical (unpaired) electrons. The fraction of sp³-hybridized carbons (Fsp3) is 0. The van der Waals surface area contributed by atoms with Gasteiger partial charge in [0.25, 0.3) is 0 Å². The molecule has 0 atom stereocenters. The molecule has 0 fully saturated rings. The number of rotatable bonds is 4. The molecule has 0 unspecified atom stereocenters. The van der Waals surface area contributed by atoms with Gasteiger partial charge in [-0.25, -0.2) is 8.42 Å². The lowest BCUT2D eigenvalue weighted by Crippen LogP contribution is -1.97. The van der Waals surface area contributed by atoms with Gasteiger partial charge in [-0.15, -0.1) is 0 Å². The molecule has 0 aromatic heterocycles. The molecule has 0 bridgehead atoms. The van der Waals surface area contributed by atoms with Gasteiger partial charge in [-0.2, -0.15) is 0 Å². The third-order valence-electron chi connectivity index (χ3n) is 7.48. The molecule has 39 heavy (non-hydrogen) atoms. The summed E-state index contributed by atoms with van der Waals surface area (Å²) in [5, 5.41) is 0. The van der Waals surface area contributed by atoms with Crippen molar-refractivity contribution in [2.45, 2.75) is 9.79 Å². The highest BCUT2D eigenvalue weighted by Gasteiger charge is 2.33. The van der Waals surface area contributed by atoms with E-state index in [-0.39, 0.29) is 0 Å². The molecular formula is C36H24O2S. The van der Waals surface area contributed by atoms with Gasteiger partial charge in [0.1, 0.15) is 0 Å². The Hall–Kier alpha value is -4.73. The molecule has 1 heterocycles. The average Bonchev–Trinajstić information content (AvgIpc) is 3.23. The smallest absolute Gasteiger partial charge is 0.207 e. The molecule has 3 heteroatoms. The summed E-state index contributed by atoms with van der Waals surface area (Å²) in [6, 6.07) is 48.5. The van der Waals surface area contributed by atoms with Crippen molar-refractivity contribution in [2.75, 3.05) is 0 Å². The minimum absolute atomic E-state index is 0.374. The van der Waals surface area contributed by atoms with Crippen LogP contribution in [0.1, 0.15) is 0 Å². The van der Waals surface area contributed by atoms with Gasteiger partial charge in [0.05, 0.1) is 9.79 Å². The zero-order valence-corrected chi connectivity index (χ0v) is 21.9. The highest BCUT2D eigenvalue weighted by Crippen LogP contribution is 2.46. The quantitative estimate of drug-likeness (QED) is 0.232. The lowest BCUT2D eigenvalue weighted by Gasteiger charge is -2.07. The van der Waals surface area contributed by atoms with Gasteiger partial charge in [0.15, 0.2) is 0 Å². The summed E-state index contributed by atoms with van der Waals surface area (Å²) in [7, 11) is -3.63. The molecule has 0 amide bonds. The highest BCUT2D eigenvalue weighted by molar-refractivity contribution is 7.92. The Labute approximate surface area is 228 Å². The third-order valence-corrected chi connectivity index (χ3v) is 9.32. The molecule has 0 aliphatic carbocycles. The summed E-state index contributed by atoms with van der Waals surface area (Å²) in [4.78, 5) is 0.748. The summed E-state index contributed by atoms with van der Waals surface area (Å²) in [5.41, 5.74) is 9.85. The van der Waals surface area contributed by atoms with E-state index >= 15 is 0 Å². The van der Waals surface area contributed by atoms with Gasteiger partial charge >= 0.3 is 0 Å². The fourth-order valence-electron chi connectivity index (χ4n) is 5.38. The van der Waals surface area contributed by atoms with E-state index < -0.39 is 9.84 Å². The molecule has 6 aromatic rings. The third kappa shape index (κ3) is 4.08. The van der Waals surface area contributed by atoms with Gasteiger partial charge in [-0.05, 0) is 56.6 Å². The Morgan fingerprint density at radius 1 is 0.308 bits per heavy atom. The number of hydrogen-bond donors (Lipinski definition) is 0. The van der Waals surface area contributed by atoms with E-state index in [1.54, 1.807) is 0 Å². The van der Waals surface area contributed by atoms with E-state index in [0.29, 0.717) is 9.79 Å². The first-order valence-corrected chi connectivity index (χ1v) is 14.4. The minimum atomic E-state index is -3.63. The van der Waals surface area contributed by atoms with Crippen molar-refractivity contribution >= 4 is 9.84 Å². The van der Waals surface area contributed by atoms with Gasteiger partial charge in [0.2, 0.25) is 9.84 Å². The average molecular weight is 521 g/mol. The molecule has 0 saturated heterocycles. The first-order chi connectivity index (χ1) is 19.1. The maximum atomic E-state index is 13.7. The predicted molar refractivity (Wildman–Crippen MR) is 159 cm³/mol. The fourth-order valence-corrected chi connectivity index (χ4v) is 7.12. The molecule has 0 N–H and O–H groups in total. The Kier molecular flexibility index (Phi) is 5.54. The second kappa shape index (κ2) is 9.23. The van der Waals surface area contributed by atoms with Crippen LogP contribution in [0.3, 0.4) is 0 Å². The second-order valence-corrected chi connectivity index (χ2v) is 11.7. The Morgan fingerprint density at radius 2 is 0.590 bits per heavy atom. The van der Waals surface area contributed by atoms with Crippen molar-refractivity contribution in [3.8, 4) is 55.6 Å². The maximum Gasteiger partial charge on any atom is 0.207 e. The molecule has 0 saturated carbocycles. The zero-order chi connectivity index (χ0) is 26.4. The molecule has 6 aromatic carbocycles. The Balaban J connectivity index is 1.21. The number of hydrogen-bond acceptors (Lipinski definition) is 2. The van der Waals surface area contributed by atoms with Crippen LogP contribution in [0.5, 0.6) is 0 Å². The minimum Gasteiger partial charge on any atom is -0.218 e.